The van der Waals surface area contributed by atoms with Crippen molar-refractivity contribution in [3.05, 3.63) is 71.3 Å². The second kappa shape index (κ2) is 8.24. The van der Waals surface area contributed by atoms with E-state index >= 15 is 0 Å². The fraction of sp³-hybridized carbons (Fsp3) is 0.409. The van der Waals surface area contributed by atoms with Crippen molar-refractivity contribution in [3.63, 3.8) is 0 Å². The van der Waals surface area contributed by atoms with Gasteiger partial charge in [-0.25, -0.2) is 0 Å². The van der Waals surface area contributed by atoms with Gasteiger partial charge >= 0.3 is 0 Å². The summed E-state index contributed by atoms with van der Waals surface area (Å²) in [5, 5.41) is 0. The molecule has 2 N–H and O–H groups in total. The largest absolute Gasteiger partial charge is 0.338 e. The highest BCUT2D eigenvalue weighted by Gasteiger charge is 2.35. The number of carbonyl (C=O) groups is 1. The lowest BCUT2D eigenvalue weighted by atomic mass is 9.86. The monoisotopic (exact) mass is 372 g/mol. The van der Waals surface area contributed by atoms with Crippen LogP contribution in [0, 0.1) is 5.92 Å². The molecule has 2 aromatic carbocycles. The highest BCUT2D eigenvalue weighted by molar-refractivity contribution is 5.94. The molecule has 0 aliphatic carbocycles. The number of halogens is 1. The summed E-state index contributed by atoms with van der Waals surface area (Å²) in [5.41, 5.74) is 9.37. The van der Waals surface area contributed by atoms with Crippen molar-refractivity contribution in [1.82, 2.24) is 4.90 Å². The van der Waals surface area contributed by atoms with Crippen molar-refractivity contribution in [2.45, 2.75) is 32.1 Å². The van der Waals surface area contributed by atoms with Crippen LogP contribution in [-0.2, 0) is 5.41 Å². The smallest absolute Gasteiger partial charge is 0.253 e. The van der Waals surface area contributed by atoms with Gasteiger partial charge in [0.15, 0.2) is 0 Å². The van der Waals surface area contributed by atoms with Crippen LogP contribution >= 0.6 is 12.4 Å². The van der Waals surface area contributed by atoms with E-state index in [0.29, 0.717) is 18.4 Å². The summed E-state index contributed by atoms with van der Waals surface area (Å²) in [6, 6.07) is 18.5. The fourth-order valence-electron chi connectivity index (χ4n) is 3.65. The Morgan fingerprint density at radius 1 is 1.04 bits per heavy atom. The number of hydrogen-bond acceptors (Lipinski definition) is 2. The lowest BCUT2D eigenvalue weighted by molar-refractivity contribution is 0.0786. The lowest BCUT2D eigenvalue weighted by Gasteiger charge is -2.20. The third kappa shape index (κ3) is 4.28. The van der Waals surface area contributed by atoms with Crippen LogP contribution in [0.1, 0.15) is 48.2 Å². The molecule has 3 nitrogen and oxygen atoms in total. The molecule has 1 aliphatic rings. The first-order chi connectivity index (χ1) is 11.9. The molecule has 1 heterocycles. The molecular formula is C22H29ClN2O. The summed E-state index contributed by atoms with van der Waals surface area (Å²) in [5.74, 6) is 0.751. The minimum absolute atomic E-state index is 0. The van der Waals surface area contributed by atoms with Crippen molar-refractivity contribution in [3.8, 4) is 0 Å². The van der Waals surface area contributed by atoms with Gasteiger partial charge in [0.25, 0.3) is 5.91 Å². The Hall–Kier alpha value is -1.84. The van der Waals surface area contributed by atoms with E-state index in [-0.39, 0.29) is 23.7 Å². The van der Waals surface area contributed by atoms with Gasteiger partial charge in [-0.2, -0.15) is 0 Å². The summed E-state index contributed by atoms with van der Waals surface area (Å²) in [6.45, 7) is 8.62. The van der Waals surface area contributed by atoms with Crippen LogP contribution in [0.15, 0.2) is 54.6 Å². The molecule has 0 radical (unpaired) electrons. The highest BCUT2D eigenvalue weighted by Crippen LogP contribution is 2.33. The molecule has 4 heteroatoms. The Balaban J connectivity index is 0.00000243. The molecule has 0 aromatic heterocycles. The molecule has 2 aromatic rings. The van der Waals surface area contributed by atoms with Crippen LogP contribution in [0.5, 0.6) is 0 Å². The van der Waals surface area contributed by atoms with Crippen molar-refractivity contribution < 1.29 is 4.79 Å². The molecule has 1 aliphatic heterocycles. The third-order valence-electron chi connectivity index (χ3n) is 5.26. The second-order valence-electron chi connectivity index (χ2n) is 8.05. The van der Waals surface area contributed by atoms with E-state index in [1.54, 1.807) is 0 Å². The maximum absolute atomic E-state index is 12.9. The number of likely N-dealkylation sites (tertiary alicyclic amines) is 1. The van der Waals surface area contributed by atoms with Gasteiger partial charge in [0.05, 0.1) is 0 Å². The molecule has 1 fully saturated rings. The summed E-state index contributed by atoms with van der Waals surface area (Å²) >= 11 is 0. The van der Waals surface area contributed by atoms with E-state index in [0.717, 1.165) is 18.7 Å². The quantitative estimate of drug-likeness (QED) is 0.876. The Labute approximate surface area is 163 Å². The Kier molecular flexibility index (Phi) is 6.48. The molecule has 0 bridgehead atoms. The fourth-order valence-corrected chi connectivity index (χ4v) is 3.65. The third-order valence-corrected chi connectivity index (χ3v) is 5.26. The normalized spacial score (nSPS) is 19.9. The van der Waals surface area contributed by atoms with Crippen LogP contribution in [-0.4, -0.2) is 30.4 Å². The number of amides is 1. The second-order valence-corrected chi connectivity index (χ2v) is 8.05. The van der Waals surface area contributed by atoms with Crippen LogP contribution in [0.3, 0.4) is 0 Å². The molecule has 26 heavy (non-hydrogen) atoms. The topological polar surface area (TPSA) is 46.3 Å². The van der Waals surface area contributed by atoms with Gasteiger partial charge in [0, 0.05) is 24.6 Å². The first kappa shape index (κ1) is 20.5. The average Bonchev–Trinajstić information content (AvgIpc) is 3.05. The highest BCUT2D eigenvalue weighted by atomic mass is 35.5. The zero-order valence-corrected chi connectivity index (χ0v) is 16.6. The van der Waals surface area contributed by atoms with Crippen molar-refractivity contribution in [2.24, 2.45) is 11.7 Å². The molecule has 140 valence electrons. The van der Waals surface area contributed by atoms with Gasteiger partial charge < -0.3 is 10.6 Å². The number of benzene rings is 2. The predicted molar refractivity (Wildman–Crippen MR) is 110 cm³/mol. The number of nitrogens with two attached hydrogens (primary N) is 1. The molecule has 0 unspecified atom stereocenters. The minimum atomic E-state index is 0. The van der Waals surface area contributed by atoms with Crippen LogP contribution in [0.4, 0.5) is 0 Å². The number of nitrogens with zero attached hydrogens (tertiary/aromatic N) is 1. The first-order valence-corrected chi connectivity index (χ1v) is 9.05. The van der Waals surface area contributed by atoms with Crippen LogP contribution in [0.25, 0.3) is 0 Å². The Bertz CT molecular complexity index is 722. The SMILES string of the molecule is CC(C)(C)c1ccc(C(=O)N2C[C@@H](CN)[C@H](c3ccccc3)C2)cc1.Cl. The molecular weight excluding hydrogens is 344 g/mol. The minimum Gasteiger partial charge on any atom is -0.338 e. The number of rotatable bonds is 3. The lowest BCUT2D eigenvalue weighted by Crippen LogP contribution is -2.29. The Morgan fingerprint density at radius 2 is 1.65 bits per heavy atom. The Morgan fingerprint density at radius 3 is 2.19 bits per heavy atom. The van der Waals surface area contributed by atoms with Gasteiger partial charge in [-0.05, 0) is 41.1 Å². The standard InChI is InChI=1S/C22H28N2O.ClH/c1-22(2,3)19-11-9-17(10-12-19)21(25)24-14-18(13-23)20(15-24)16-7-5-4-6-8-16;/h4-12,18,20H,13-15,23H2,1-3H3;1H/t18-,20+;/m1./s1. The molecule has 2 atom stereocenters. The first-order valence-electron chi connectivity index (χ1n) is 9.05. The number of hydrogen-bond donors (Lipinski definition) is 1. The van der Waals surface area contributed by atoms with Crippen molar-refractivity contribution >= 4 is 18.3 Å². The summed E-state index contributed by atoms with van der Waals surface area (Å²) < 4.78 is 0. The van der Waals surface area contributed by atoms with E-state index in [1.165, 1.54) is 11.1 Å². The van der Waals surface area contributed by atoms with E-state index in [9.17, 15) is 4.79 Å². The zero-order chi connectivity index (χ0) is 18.0. The molecule has 0 saturated carbocycles. The van der Waals surface area contributed by atoms with E-state index in [2.05, 4.69) is 57.2 Å². The van der Waals surface area contributed by atoms with Crippen LogP contribution < -0.4 is 5.73 Å². The molecule has 3 rings (SSSR count). The van der Waals surface area contributed by atoms with Gasteiger partial charge in [0.1, 0.15) is 0 Å². The maximum Gasteiger partial charge on any atom is 0.253 e. The van der Waals surface area contributed by atoms with E-state index in [1.807, 2.05) is 23.1 Å². The zero-order valence-electron chi connectivity index (χ0n) is 15.8. The van der Waals surface area contributed by atoms with Crippen molar-refractivity contribution in [1.29, 1.82) is 0 Å². The number of carbonyl (C=O) groups excluding carboxylic acids is 1. The average molecular weight is 373 g/mol. The summed E-state index contributed by atoms with van der Waals surface area (Å²) in [6.07, 6.45) is 0. The van der Waals surface area contributed by atoms with Crippen LogP contribution in [0.2, 0.25) is 0 Å². The van der Waals surface area contributed by atoms with Gasteiger partial charge in [-0.15, -0.1) is 12.4 Å². The van der Waals surface area contributed by atoms with Gasteiger partial charge in [0.2, 0.25) is 0 Å². The van der Waals surface area contributed by atoms with E-state index < -0.39 is 0 Å². The summed E-state index contributed by atoms with van der Waals surface area (Å²) in [4.78, 5) is 14.9. The van der Waals surface area contributed by atoms with E-state index in [4.69, 9.17) is 5.73 Å². The predicted octanol–water partition coefficient (Wildman–Crippen LogP) is 4.22. The molecule has 0 spiro atoms. The van der Waals surface area contributed by atoms with Gasteiger partial charge in [-0.1, -0.05) is 63.2 Å². The molecule has 1 saturated heterocycles. The van der Waals surface area contributed by atoms with Gasteiger partial charge in [-0.3, -0.25) is 4.79 Å². The summed E-state index contributed by atoms with van der Waals surface area (Å²) in [7, 11) is 0. The maximum atomic E-state index is 12.9. The molecule has 1 amide bonds. The van der Waals surface area contributed by atoms with Crippen molar-refractivity contribution in [2.75, 3.05) is 19.6 Å².